The number of benzene rings is 2. The van der Waals surface area contributed by atoms with Gasteiger partial charge in [0, 0.05) is 6.92 Å². The van der Waals surface area contributed by atoms with Crippen LogP contribution < -0.4 is 0 Å². The van der Waals surface area contributed by atoms with Crippen molar-refractivity contribution in [3.8, 4) is 0 Å². The maximum Gasteiger partial charge on any atom is 0.302 e. The first kappa shape index (κ1) is 28.2. The highest BCUT2D eigenvalue weighted by Gasteiger charge is 2.39. The van der Waals surface area contributed by atoms with Gasteiger partial charge in [-0.1, -0.05) is 81.4 Å². The van der Waals surface area contributed by atoms with Crippen molar-refractivity contribution < 1.29 is 28.5 Å². The monoisotopic (exact) mass is 488 g/mol. The van der Waals surface area contributed by atoms with E-state index in [9.17, 15) is 9.90 Å². The molecule has 0 amide bonds. The van der Waals surface area contributed by atoms with Crippen LogP contribution in [0, 0.1) is 0 Å². The summed E-state index contributed by atoms with van der Waals surface area (Å²) in [4.78, 5) is 11.6. The Morgan fingerprint density at radius 3 is 1.85 bits per heavy atom. The van der Waals surface area contributed by atoms with Gasteiger partial charge in [0.1, 0.15) is 24.9 Å². The van der Waals surface area contributed by atoms with E-state index in [1.54, 1.807) is 0 Å². The Kier molecular flexibility index (Phi) is 10.9. The lowest BCUT2D eigenvalue weighted by molar-refractivity contribution is -0.168. The van der Waals surface area contributed by atoms with Crippen LogP contribution in [0.2, 0.25) is 18.1 Å². The van der Waals surface area contributed by atoms with Crippen molar-refractivity contribution in [1.82, 2.24) is 0 Å². The SMILES string of the molecule is CC(=O)OC[C@H](OCc1ccccc1)[C@H](OCc1ccccc1)[C@@H](O)CO[Si](C)(C)C(C)(C)C. The van der Waals surface area contributed by atoms with Crippen LogP contribution in [0.3, 0.4) is 0 Å². The number of aliphatic hydroxyl groups is 1. The summed E-state index contributed by atoms with van der Waals surface area (Å²) in [6.07, 6.45) is -2.40. The van der Waals surface area contributed by atoms with Crippen LogP contribution in [0.4, 0.5) is 0 Å². The molecule has 0 aromatic heterocycles. The normalized spacial score (nSPS) is 14.9. The summed E-state index contributed by atoms with van der Waals surface area (Å²) in [7, 11) is -2.08. The fourth-order valence-corrected chi connectivity index (χ4v) is 4.07. The van der Waals surface area contributed by atoms with Crippen LogP contribution in [-0.4, -0.2) is 50.9 Å². The van der Waals surface area contributed by atoms with Crippen LogP contribution in [-0.2, 0) is 36.6 Å². The van der Waals surface area contributed by atoms with E-state index in [1.807, 2.05) is 60.7 Å². The lowest BCUT2D eigenvalue weighted by Crippen LogP contribution is -2.49. The third-order valence-electron chi connectivity index (χ3n) is 6.21. The minimum atomic E-state index is -2.08. The molecule has 0 aliphatic heterocycles. The predicted octanol–water partition coefficient (Wildman–Crippen LogP) is 5.10. The van der Waals surface area contributed by atoms with E-state index < -0.39 is 32.6 Å². The first-order chi connectivity index (χ1) is 16.0. The number of aliphatic hydroxyl groups excluding tert-OH is 1. The molecule has 0 aliphatic rings. The molecule has 0 aliphatic carbocycles. The predicted molar refractivity (Wildman–Crippen MR) is 136 cm³/mol. The fourth-order valence-electron chi connectivity index (χ4n) is 3.05. The van der Waals surface area contributed by atoms with E-state index in [0.717, 1.165) is 11.1 Å². The van der Waals surface area contributed by atoms with Gasteiger partial charge in [-0.2, -0.15) is 0 Å². The maximum atomic E-state index is 11.6. The van der Waals surface area contributed by atoms with Gasteiger partial charge in [-0.05, 0) is 29.3 Å². The second-order valence-corrected chi connectivity index (χ2v) is 14.8. The van der Waals surface area contributed by atoms with Gasteiger partial charge in [-0.25, -0.2) is 0 Å². The van der Waals surface area contributed by atoms with Gasteiger partial charge in [0.2, 0.25) is 0 Å². The van der Waals surface area contributed by atoms with Crippen molar-refractivity contribution in [2.45, 2.75) is 77.4 Å². The molecule has 0 radical (unpaired) electrons. The summed E-state index contributed by atoms with van der Waals surface area (Å²) in [5, 5.41) is 11.2. The summed E-state index contributed by atoms with van der Waals surface area (Å²) < 4.78 is 23.9. The minimum Gasteiger partial charge on any atom is -0.463 e. The molecule has 0 spiro atoms. The van der Waals surface area contributed by atoms with Gasteiger partial charge in [0.05, 0.1) is 19.8 Å². The van der Waals surface area contributed by atoms with Crippen LogP contribution in [0.15, 0.2) is 60.7 Å². The van der Waals surface area contributed by atoms with Crippen LogP contribution in [0.25, 0.3) is 0 Å². The van der Waals surface area contributed by atoms with Gasteiger partial charge in [0.15, 0.2) is 8.32 Å². The Morgan fingerprint density at radius 1 is 0.882 bits per heavy atom. The molecule has 188 valence electrons. The molecule has 0 saturated carbocycles. The smallest absolute Gasteiger partial charge is 0.302 e. The van der Waals surface area contributed by atoms with Gasteiger partial charge < -0.3 is 23.7 Å². The third kappa shape index (κ3) is 9.31. The van der Waals surface area contributed by atoms with E-state index in [2.05, 4.69) is 33.9 Å². The number of hydrogen-bond acceptors (Lipinski definition) is 6. The fraction of sp³-hybridized carbons (Fsp3) is 0.519. The molecule has 3 atom stereocenters. The summed E-state index contributed by atoms with van der Waals surface area (Å²) in [5.74, 6) is -0.415. The average molecular weight is 489 g/mol. The standard InChI is InChI=1S/C27H40O6Si/c1-21(28)30-20-25(31-17-22-13-9-7-10-14-22)26(32-18-23-15-11-8-12-16-23)24(29)19-33-34(5,6)27(2,3)4/h7-16,24-26,29H,17-20H2,1-6H3/t24-,25-,26+/m0/s1. The summed E-state index contributed by atoms with van der Waals surface area (Å²) in [5.41, 5.74) is 1.95. The van der Waals surface area contributed by atoms with E-state index in [0.29, 0.717) is 6.61 Å². The van der Waals surface area contributed by atoms with Gasteiger partial charge in [0.25, 0.3) is 0 Å². The molecule has 2 aromatic carbocycles. The molecule has 0 heterocycles. The number of esters is 1. The lowest BCUT2D eigenvalue weighted by atomic mass is 10.1. The van der Waals surface area contributed by atoms with Crippen LogP contribution in [0.5, 0.6) is 0 Å². The number of rotatable bonds is 13. The van der Waals surface area contributed by atoms with Crippen molar-refractivity contribution in [3.05, 3.63) is 71.8 Å². The number of ether oxygens (including phenoxy) is 3. The average Bonchev–Trinajstić information content (AvgIpc) is 2.79. The zero-order chi connectivity index (χ0) is 25.2. The Hall–Kier alpha value is -2.03. The van der Waals surface area contributed by atoms with E-state index >= 15 is 0 Å². The van der Waals surface area contributed by atoms with Crippen molar-refractivity contribution >= 4 is 14.3 Å². The first-order valence-corrected chi connectivity index (χ1v) is 14.7. The Labute approximate surface area is 205 Å². The highest BCUT2D eigenvalue weighted by atomic mass is 28.4. The second kappa shape index (κ2) is 13.2. The third-order valence-corrected chi connectivity index (χ3v) is 10.7. The molecule has 0 bridgehead atoms. The Morgan fingerprint density at radius 2 is 1.38 bits per heavy atom. The first-order valence-electron chi connectivity index (χ1n) is 11.8. The van der Waals surface area contributed by atoms with Crippen molar-refractivity contribution in [1.29, 1.82) is 0 Å². The highest BCUT2D eigenvalue weighted by molar-refractivity contribution is 6.74. The molecule has 0 fully saturated rings. The van der Waals surface area contributed by atoms with Crippen molar-refractivity contribution in [3.63, 3.8) is 0 Å². The van der Waals surface area contributed by atoms with Gasteiger partial charge in [-0.3, -0.25) is 4.79 Å². The van der Waals surface area contributed by atoms with E-state index in [4.69, 9.17) is 18.6 Å². The topological polar surface area (TPSA) is 74.2 Å². The molecule has 0 saturated heterocycles. The van der Waals surface area contributed by atoms with Gasteiger partial charge >= 0.3 is 5.97 Å². The van der Waals surface area contributed by atoms with E-state index in [1.165, 1.54) is 6.92 Å². The Bertz CT molecular complexity index is 850. The molecular weight excluding hydrogens is 448 g/mol. The number of hydrogen-bond donors (Lipinski definition) is 1. The molecule has 7 heteroatoms. The van der Waals surface area contributed by atoms with Crippen LogP contribution >= 0.6 is 0 Å². The van der Waals surface area contributed by atoms with Crippen molar-refractivity contribution in [2.75, 3.05) is 13.2 Å². The highest BCUT2D eigenvalue weighted by Crippen LogP contribution is 2.36. The molecular formula is C27H40O6Si. The molecule has 6 nitrogen and oxygen atoms in total. The summed E-state index contributed by atoms with van der Waals surface area (Å²) >= 11 is 0. The molecule has 0 unspecified atom stereocenters. The summed E-state index contributed by atoms with van der Waals surface area (Å²) in [6, 6.07) is 19.5. The molecule has 1 N–H and O–H groups in total. The molecule has 2 aromatic rings. The molecule has 34 heavy (non-hydrogen) atoms. The zero-order valence-corrected chi connectivity index (χ0v) is 22.3. The largest absolute Gasteiger partial charge is 0.463 e. The molecule has 2 rings (SSSR count). The Balaban J connectivity index is 2.20. The van der Waals surface area contributed by atoms with Crippen LogP contribution in [0.1, 0.15) is 38.8 Å². The minimum absolute atomic E-state index is 0.00800. The quantitative estimate of drug-likeness (QED) is 0.312. The number of carbonyl (C=O) groups excluding carboxylic acids is 1. The summed E-state index contributed by atoms with van der Waals surface area (Å²) in [6.45, 7) is 12.8. The van der Waals surface area contributed by atoms with Gasteiger partial charge in [-0.15, -0.1) is 0 Å². The van der Waals surface area contributed by atoms with Crippen molar-refractivity contribution in [2.24, 2.45) is 0 Å². The second-order valence-electron chi connectivity index (χ2n) is 10.0. The maximum absolute atomic E-state index is 11.6. The lowest BCUT2D eigenvalue weighted by Gasteiger charge is -2.38. The van der Waals surface area contributed by atoms with E-state index in [-0.39, 0.29) is 24.9 Å². The number of carbonyl (C=O) groups is 1. The zero-order valence-electron chi connectivity index (χ0n) is 21.3.